The highest BCUT2D eigenvalue weighted by atomic mass is 19.1. The molecule has 0 spiro atoms. The van der Waals surface area contributed by atoms with Crippen molar-refractivity contribution in [3.63, 3.8) is 0 Å². The summed E-state index contributed by atoms with van der Waals surface area (Å²) in [6.45, 7) is 4.11. The lowest BCUT2D eigenvalue weighted by molar-refractivity contribution is 0.469. The number of halogens is 1. The van der Waals surface area contributed by atoms with Crippen LogP contribution in [-0.4, -0.2) is 20.4 Å². The van der Waals surface area contributed by atoms with Crippen molar-refractivity contribution in [1.82, 2.24) is 9.55 Å². The minimum absolute atomic E-state index is 0.0779. The molecule has 0 fully saturated rings. The molecule has 2 aromatic heterocycles. The molecule has 0 aliphatic rings. The van der Waals surface area contributed by atoms with Gasteiger partial charge in [-0.2, -0.15) is 0 Å². The predicted octanol–water partition coefficient (Wildman–Crippen LogP) is 5.46. The zero-order chi connectivity index (χ0) is 27.0. The van der Waals surface area contributed by atoms with E-state index in [-0.39, 0.29) is 40.5 Å². The van der Waals surface area contributed by atoms with Crippen molar-refractivity contribution in [2.24, 2.45) is 0 Å². The fraction of sp³-hybridized carbons (Fsp3) is 0.100. The molecule has 5 N–H and O–H groups in total. The van der Waals surface area contributed by atoms with Crippen LogP contribution in [0.3, 0.4) is 0 Å². The van der Waals surface area contributed by atoms with Crippen LogP contribution in [0, 0.1) is 25.1 Å². The van der Waals surface area contributed by atoms with Crippen molar-refractivity contribution in [3.05, 3.63) is 123 Å². The summed E-state index contributed by atoms with van der Waals surface area (Å²) in [4.78, 5) is 17.9. The first-order chi connectivity index (χ1) is 18.2. The second-order valence-corrected chi connectivity index (χ2v) is 9.15. The summed E-state index contributed by atoms with van der Waals surface area (Å²) in [5.74, 6) is -0.889. The number of nitrogens with zero attached hydrogens (tertiary/aromatic N) is 2. The van der Waals surface area contributed by atoms with E-state index in [9.17, 15) is 14.3 Å². The number of phenolic OH excluding ortho intramolecular Hbond substituents is 1. The number of aryl methyl sites for hydroxylation is 2. The Balaban J connectivity index is 1.61. The van der Waals surface area contributed by atoms with E-state index in [2.05, 4.69) is 10.3 Å². The first-order valence-electron chi connectivity index (χ1n) is 12.0. The summed E-state index contributed by atoms with van der Waals surface area (Å²) in [5, 5.41) is 23.3. The Bertz CT molecular complexity index is 1760. The topological polar surface area (TPSA) is 117 Å². The van der Waals surface area contributed by atoms with E-state index < -0.39 is 5.82 Å². The van der Waals surface area contributed by atoms with Crippen LogP contribution in [0.25, 0.3) is 16.5 Å². The molecule has 0 aliphatic carbocycles. The largest absolute Gasteiger partial charge is 0.508 e. The molecule has 38 heavy (non-hydrogen) atoms. The zero-order valence-electron chi connectivity index (χ0n) is 20.9. The molecule has 190 valence electrons. The summed E-state index contributed by atoms with van der Waals surface area (Å²) in [6, 6.07) is 20.5. The molecule has 0 saturated heterocycles. The number of fused-ring (bicyclic) bond motifs is 1. The normalized spacial score (nSPS) is 11.0. The molecule has 0 bridgehead atoms. The number of hydrogen-bond donors (Lipinski definition) is 4. The smallest absolute Gasteiger partial charge is 0.263 e. The van der Waals surface area contributed by atoms with Crippen molar-refractivity contribution < 1.29 is 9.50 Å². The minimum atomic E-state index is -0.671. The average molecular weight is 508 g/mol. The predicted molar refractivity (Wildman–Crippen MR) is 149 cm³/mol. The summed E-state index contributed by atoms with van der Waals surface area (Å²) in [5.41, 5.74) is 10.2. The first kappa shape index (κ1) is 24.7. The number of benzene rings is 3. The highest BCUT2D eigenvalue weighted by Gasteiger charge is 2.18. The molecule has 3 aromatic carbocycles. The standard InChI is InChI=1S/C30H26FN5O2/c1-17-6-3-4-9-25(17)36-22(13-19-8-5-7-18(2)26(19)30(36)38)16-35-24-10-11-34-29(33)27(24)28(32)20-12-21(31)15-23(37)14-20/h3-15,32,37H,16H2,1-2H3,(H3,33,34,35). The lowest BCUT2D eigenvalue weighted by atomic mass is 10.0. The quantitative estimate of drug-likeness (QED) is 0.228. The van der Waals surface area contributed by atoms with Crippen LogP contribution in [-0.2, 0) is 6.54 Å². The molecule has 0 amide bonds. The average Bonchev–Trinajstić information content (AvgIpc) is 2.87. The highest BCUT2D eigenvalue weighted by molar-refractivity contribution is 6.16. The number of nitrogens with one attached hydrogen (secondary N) is 2. The maximum atomic E-state index is 14.0. The van der Waals surface area contributed by atoms with E-state index >= 15 is 0 Å². The molecule has 5 aromatic rings. The number of anilines is 2. The number of pyridine rings is 2. The van der Waals surface area contributed by atoms with Crippen LogP contribution in [0.1, 0.15) is 27.9 Å². The number of nitrogen functional groups attached to an aromatic ring is 1. The SMILES string of the molecule is Cc1ccccc1-n1c(CNc2ccnc(N)c2C(=N)c2cc(O)cc(F)c2)cc2cccc(C)c2c1=O. The van der Waals surface area contributed by atoms with E-state index in [0.29, 0.717) is 16.8 Å². The molecule has 2 heterocycles. The third-order valence-corrected chi connectivity index (χ3v) is 6.55. The second-order valence-electron chi connectivity index (χ2n) is 9.15. The van der Waals surface area contributed by atoms with Crippen LogP contribution in [0.5, 0.6) is 5.75 Å². The van der Waals surface area contributed by atoms with Gasteiger partial charge in [0.05, 0.1) is 28.9 Å². The van der Waals surface area contributed by atoms with Crippen molar-refractivity contribution in [2.45, 2.75) is 20.4 Å². The van der Waals surface area contributed by atoms with Crippen LogP contribution in [0.4, 0.5) is 15.9 Å². The summed E-state index contributed by atoms with van der Waals surface area (Å²) in [6.07, 6.45) is 1.51. The molecule has 5 rings (SSSR count). The van der Waals surface area contributed by atoms with Crippen LogP contribution in [0.2, 0.25) is 0 Å². The molecular weight excluding hydrogens is 481 g/mol. The molecule has 0 saturated carbocycles. The Hall–Kier alpha value is -4.98. The van der Waals surface area contributed by atoms with E-state index in [4.69, 9.17) is 11.1 Å². The van der Waals surface area contributed by atoms with Gasteiger partial charge in [-0.15, -0.1) is 0 Å². The summed E-state index contributed by atoms with van der Waals surface area (Å²) < 4.78 is 15.7. The lowest BCUT2D eigenvalue weighted by Crippen LogP contribution is -2.25. The van der Waals surface area contributed by atoms with Crippen molar-refractivity contribution in [3.8, 4) is 11.4 Å². The number of phenols is 1. The van der Waals surface area contributed by atoms with Gasteiger partial charge in [0.25, 0.3) is 5.56 Å². The molecular formula is C30H26FN5O2. The Morgan fingerprint density at radius 2 is 1.82 bits per heavy atom. The zero-order valence-corrected chi connectivity index (χ0v) is 20.9. The molecule has 0 aliphatic heterocycles. The van der Waals surface area contributed by atoms with Crippen LogP contribution >= 0.6 is 0 Å². The van der Waals surface area contributed by atoms with Gasteiger partial charge in [0, 0.05) is 29.2 Å². The van der Waals surface area contributed by atoms with Gasteiger partial charge >= 0.3 is 0 Å². The van der Waals surface area contributed by atoms with Gasteiger partial charge in [0.1, 0.15) is 17.4 Å². The van der Waals surface area contributed by atoms with Crippen LogP contribution < -0.4 is 16.6 Å². The molecule has 7 nitrogen and oxygen atoms in total. The third kappa shape index (κ3) is 4.48. The number of aromatic hydroxyl groups is 1. The van der Waals surface area contributed by atoms with Gasteiger partial charge in [0.2, 0.25) is 0 Å². The first-order valence-corrected chi connectivity index (χ1v) is 12.0. The third-order valence-electron chi connectivity index (χ3n) is 6.55. The number of rotatable bonds is 6. The summed E-state index contributed by atoms with van der Waals surface area (Å²) in [7, 11) is 0. The maximum absolute atomic E-state index is 14.0. The van der Waals surface area contributed by atoms with Crippen molar-refractivity contribution in [2.75, 3.05) is 11.1 Å². The Labute approximate surface area is 218 Å². The molecule has 0 radical (unpaired) electrons. The number of nitrogens with two attached hydrogens (primary N) is 1. The fourth-order valence-electron chi connectivity index (χ4n) is 4.73. The van der Waals surface area contributed by atoms with E-state index in [1.807, 2.05) is 62.4 Å². The van der Waals surface area contributed by atoms with Gasteiger partial charge in [-0.05, 0) is 60.7 Å². The Kier molecular flexibility index (Phi) is 6.38. The van der Waals surface area contributed by atoms with Crippen molar-refractivity contribution in [1.29, 1.82) is 5.41 Å². The number of aromatic nitrogens is 2. The molecule has 8 heteroatoms. The van der Waals surface area contributed by atoms with E-state index in [0.717, 1.165) is 34.3 Å². The lowest BCUT2D eigenvalue weighted by Gasteiger charge is -2.19. The molecule has 0 unspecified atom stereocenters. The van der Waals surface area contributed by atoms with Crippen molar-refractivity contribution >= 4 is 28.0 Å². The minimum Gasteiger partial charge on any atom is -0.508 e. The van der Waals surface area contributed by atoms with E-state index in [1.165, 1.54) is 12.3 Å². The second kappa shape index (κ2) is 9.82. The molecule has 0 atom stereocenters. The Morgan fingerprint density at radius 1 is 1.05 bits per heavy atom. The fourth-order valence-corrected chi connectivity index (χ4v) is 4.73. The monoisotopic (exact) mass is 507 g/mol. The number of hydrogen-bond acceptors (Lipinski definition) is 6. The van der Waals surface area contributed by atoms with E-state index in [1.54, 1.807) is 10.6 Å². The van der Waals surface area contributed by atoms with Gasteiger partial charge in [0.15, 0.2) is 0 Å². The summed E-state index contributed by atoms with van der Waals surface area (Å²) >= 11 is 0. The Morgan fingerprint density at radius 3 is 2.58 bits per heavy atom. The maximum Gasteiger partial charge on any atom is 0.263 e. The van der Waals surface area contributed by atoms with Gasteiger partial charge < -0.3 is 16.2 Å². The van der Waals surface area contributed by atoms with Crippen LogP contribution in [0.15, 0.2) is 83.8 Å². The van der Waals surface area contributed by atoms with Gasteiger partial charge in [-0.25, -0.2) is 9.37 Å². The highest BCUT2D eigenvalue weighted by Crippen LogP contribution is 2.27. The van der Waals surface area contributed by atoms with Gasteiger partial charge in [-0.3, -0.25) is 14.8 Å². The van der Waals surface area contributed by atoms with Gasteiger partial charge in [-0.1, -0.05) is 36.4 Å². The number of para-hydroxylation sites is 1.